The molecule has 2 saturated heterocycles. The Kier molecular flexibility index (Phi) is 7.99. The Morgan fingerprint density at radius 2 is 1.77 bits per heavy atom. The van der Waals surface area contributed by atoms with Gasteiger partial charge in [0.15, 0.2) is 0 Å². The van der Waals surface area contributed by atoms with Gasteiger partial charge in [0.05, 0.1) is 24.7 Å². The first-order valence-corrected chi connectivity index (χ1v) is 16.3. The van der Waals surface area contributed by atoms with Gasteiger partial charge in [-0.15, -0.1) is 0 Å². The largest absolute Gasteiger partial charge is 0.494 e. The van der Waals surface area contributed by atoms with Crippen LogP contribution in [0.5, 0.6) is 5.75 Å². The molecule has 2 fully saturated rings. The third kappa shape index (κ3) is 4.85. The zero-order chi connectivity index (χ0) is 33.7. The van der Waals surface area contributed by atoms with E-state index in [1.807, 2.05) is 50.2 Å². The van der Waals surface area contributed by atoms with Crippen LogP contribution < -0.4 is 15.0 Å². The summed E-state index contributed by atoms with van der Waals surface area (Å²) in [6.07, 6.45) is 0. The highest BCUT2D eigenvalue weighted by Gasteiger charge is 2.71. The van der Waals surface area contributed by atoms with Crippen molar-refractivity contribution in [3.63, 3.8) is 0 Å². The van der Waals surface area contributed by atoms with Gasteiger partial charge < -0.3 is 19.7 Å². The molecule has 1 N–H and O–H groups in total. The lowest BCUT2D eigenvalue weighted by Crippen LogP contribution is -2.53. The number of fused-ring (bicyclic) bond motifs is 3. The Hall–Kier alpha value is -5.09. The molecule has 3 aromatic carbocycles. The minimum atomic E-state index is -1.43. The molecule has 1 aromatic heterocycles. The van der Waals surface area contributed by atoms with Gasteiger partial charge in [-0.2, -0.15) is 0 Å². The van der Waals surface area contributed by atoms with Crippen molar-refractivity contribution in [2.45, 2.75) is 51.7 Å². The van der Waals surface area contributed by atoms with Gasteiger partial charge >= 0.3 is 5.97 Å². The predicted molar refractivity (Wildman–Crippen MR) is 178 cm³/mol. The lowest BCUT2D eigenvalue weighted by atomic mass is 9.71. The van der Waals surface area contributed by atoms with Crippen LogP contribution in [0.4, 0.5) is 15.9 Å². The SMILES string of the molecule is CCOC(=O)c1ccc(N2C[C@H]3[C@@H](C2=O)[C@H](c2cccc(C)c2F)[C@]2(C(=O)Nc4nc(C)ccc42)N3Cc2cccc(OCC)c2)cc1. The van der Waals surface area contributed by atoms with E-state index in [1.165, 1.54) is 0 Å². The van der Waals surface area contributed by atoms with Crippen molar-refractivity contribution in [3.8, 4) is 5.75 Å². The summed E-state index contributed by atoms with van der Waals surface area (Å²) in [5.41, 5.74) is 2.53. The Labute approximate surface area is 278 Å². The van der Waals surface area contributed by atoms with Crippen molar-refractivity contribution in [2.75, 3.05) is 30.0 Å². The number of ether oxygens (including phenoxy) is 2. The average Bonchev–Trinajstić information content (AvgIpc) is 3.66. The Morgan fingerprint density at radius 3 is 2.52 bits per heavy atom. The van der Waals surface area contributed by atoms with Crippen molar-refractivity contribution in [3.05, 3.63) is 118 Å². The van der Waals surface area contributed by atoms with Crippen LogP contribution in [0.1, 0.15) is 58.1 Å². The van der Waals surface area contributed by atoms with E-state index < -0.39 is 35.2 Å². The molecule has 0 aliphatic carbocycles. The van der Waals surface area contributed by atoms with E-state index in [4.69, 9.17) is 9.47 Å². The number of nitrogens with one attached hydrogen (secondary N) is 1. The number of nitrogens with zero attached hydrogens (tertiary/aromatic N) is 3. The lowest BCUT2D eigenvalue weighted by molar-refractivity contribution is -0.128. The standard InChI is InChI=1S/C38H37FN4O5/c1-5-47-27-11-8-10-24(19-27)20-43-30-21-42(26-16-14-25(15-17-26)36(45)48-6-2)35(44)31(30)32(28-12-7-9-22(3)33(28)39)38(43)29-18-13-23(4)40-34(29)41-37(38)46/h7-19,30-32H,5-6,20-21H2,1-4H3,(H,40,41,46)/t30-,31+,32-,38+/m0/s1. The summed E-state index contributed by atoms with van der Waals surface area (Å²) in [6.45, 7) is 8.49. The Bertz CT molecular complexity index is 1930. The molecular weight excluding hydrogens is 611 g/mol. The smallest absolute Gasteiger partial charge is 0.338 e. The highest BCUT2D eigenvalue weighted by atomic mass is 19.1. The summed E-state index contributed by atoms with van der Waals surface area (Å²) in [5, 5.41) is 3.02. The highest BCUT2D eigenvalue weighted by molar-refractivity contribution is 6.09. The number of hydrogen-bond donors (Lipinski definition) is 1. The van der Waals surface area contributed by atoms with E-state index in [2.05, 4.69) is 15.2 Å². The number of carbonyl (C=O) groups excluding carboxylic acids is 3. The molecule has 0 radical (unpaired) electrons. The van der Waals surface area contributed by atoms with Crippen LogP contribution in [0.3, 0.4) is 0 Å². The van der Waals surface area contributed by atoms with E-state index in [0.717, 1.165) is 11.3 Å². The lowest BCUT2D eigenvalue weighted by Gasteiger charge is -2.41. The number of amides is 2. The first kappa shape index (κ1) is 31.5. The zero-order valence-electron chi connectivity index (χ0n) is 27.3. The van der Waals surface area contributed by atoms with Crippen molar-refractivity contribution in [1.82, 2.24) is 9.88 Å². The van der Waals surface area contributed by atoms with Crippen molar-refractivity contribution >= 4 is 29.3 Å². The van der Waals surface area contributed by atoms with E-state index in [1.54, 1.807) is 61.2 Å². The molecular formula is C38H37FN4O5. The number of anilines is 2. The van der Waals surface area contributed by atoms with Crippen LogP contribution in [0.15, 0.2) is 78.9 Å². The number of rotatable bonds is 8. The first-order valence-electron chi connectivity index (χ1n) is 16.3. The molecule has 7 rings (SSSR count). The van der Waals surface area contributed by atoms with Crippen LogP contribution in [-0.4, -0.2) is 53.5 Å². The number of hydrogen-bond acceptors (Lipinski definition) is 7. The maximum absolute atomic E-state index is 16.4. The van der Waals surface area contributed by atoms with E-state index in [9.17, 15) is 14.4 Å². The van der Waals surface area contributed by atoms with Gasteiger partial charge in [0.25, 0.3) is 5.91 Å². The fraction of sp³-hybridized carbons (Fsp3) is 0.316. The molecule has 4 atom stereocenters. The molecule has 4 aromatic rings. The maximum Gasteiger partial charge on any atom is 0.338 e. The summed E-state index contributed by atoms with van der Waals surface area (Å²) < 4.78 is 27.3. The van der Waals surface area contributed by atoms with Crippen LogP contribution in [0.2, 0.25) is 0 Å². The van der Waals surface area contributed by atoms with Gasteiger partial charge in [-0.1, -0.05) is 36.4 Å². The second-order valence-electron chi connectivity index (χ2n) is 12.5. The highest BCUT2D eigenvalue weighted by Crippen LogP contribution is 2.61. The number of pyridine rings is 1. The number of aryl methyl sites for hydroxylation is 2. The zero-order valence-corrected chi connectivity index (χ0v) is 27.3. The quantitative estimate of drug-likeness (QED) is 0.238. The number of halogens is 1. The van der Waals surface area contributed by atoms with Crippen LogP contribution in [-0.2, 0) is 26.4 Å². The molecule has 9 nitrogen and oxygen atoms in total. The second-order valence-corrected chi connectivity index (χ2v) is 12.5. The molecule has 10 heteroatoms. The third-order valence-corrected chi connectivity index (χ3v) is 9.83. The minimum Gasteiger partial charge on any atom is -0.494 e. The fourth-order valence-electron chi connectivity index (χ4n) is 7.86. The van der Waals surface area contributed by atoms with Crippen LogP contribution in [0, 0.1) is 25.6 Å². The second kappa shape index (κ2) is 12.2. The molecule has 3 aliphatic rings. The number of likely N-dealkylation sites (tertiary alicyclic amines) is 1. The maximum atomic E-state index is 16.4. The minimum absolute atomic E-state index is 0.221. The molecule has 1 spiro atoms. The molecule has 48 heavy (non-hydrogen) atoms. The summed E-state index contributed by atoms with van der Waals surface area (Å²) in [5.74, 6) is -1.98. The molecule has 3 aliphatic heterocycles. The van der Waals surface area contributed by atoms with Crippen molar-refractivity contribution < 1.29 is 28.2 Å². The summed E-state index contributed by atoms with van der Waals surface area (Å²) in [7, 11) is 0. The molecule has 2 amide bonds. The van der Waals surface area contributed by atoms with E-state index in [0.29, 0.717) is 46.1 Å². The van der Waals surface area contributed by atoms with Gasteiger partial charge in [0.2, 0.25) is 5.91 Å². The average molecular weight is 649 g/mol. The summed E-state index contributed by atoms with van der Waals surface area (Å²) in [6, 6.07) is 22.8. The third-order valence-electron chi connectivity index (χ3n) is 9.83. The van der Waals surface area contributed by atoms with Gasteiger partial charge in [-0.05, 0) is 86.8 Å². The van der Waals surface area contributed by atoms with Crippen molar-refractivity contribution in [1.29, 1.82) is 0 Å². The molecule has 0 unspecified atom stereocenters. The molecule has 0 saturated carbocycles. The molecule has 0 bridgehead atoms. The molecule has 4 heterocycles. The molecule has 246 valence electrons. The first-order chi connectivity index (χ1) is 23.2. The Balaban J connectivity index is 1.41. The topological polar surface area (TPSA) is 101 Å². The van der Waals surface area contributed by atoms with Gasteiger partial charge in [-0.3, -0.25) is 14.5 Å². The normalized spacial score (nSPS) is 22.9. The number of benzene rings is 3. The van der Waals surface area contributed by atoms with Gasteiger partial charge in [-0.25, -0.2) is 14.2 Å². The summed E-state index contributed by atoms with van der Waals surface area (Å²) in [4.78, 5) is 50.2. The number of carbonyl (C=O) groups is 3. The Morgan fingerprint density at radius 1 is 1.00 bits per heavy atom. The van der Waals surface area contributed by atoms with Gasteiger partial charge in [0.1, 0.15) is 22.9 Å². The van der Waals surface area contributed by atoms with E-state index >= 15 is 4.39 Å². The van der Waals surface area contributed by atoms with Gasteiger partial charge in [0, 0.05) is 42.0 Å². The number of esters is 1. The van der Waals surface area contributed by atoms with E-state index in [-0.39, 0.29) is 31.5 Å². The van der Waals surface area contributed by atoms with Crippen LogP contribution in [0.25, 0.3) is 0 Å². The van der Waals surface area contributed by atoms with Crippen molar-refractivity contribution in [2.24, 2.45) is 5.92 Å². The fourth-order valence-corrected chi connectivity index (χ4v) is 7.86. The van der Waals surface area contributed by atoms with Crippen LogP contribution >= 0.6 is 0 Å². The predicted octanol–water partition coefficient (Wildman–Crippen LogP) is 5.89. The number of aromatic nitrogens is 1. The monoisotopic (exact) mass is 648 g/mol. The summed E-state index contributed by atoms with van der Waals surface area (Å²) >= 11 is 0.